The second kappa shape index (κ2) is 6.49. The van der Waals surface area contributed by atoms with Crippen LogP contribution in [0.1, 0.15) is 28.9 Å². The molecule has 1 amide bonds. The van der Waals surface area contributed by atoms with E-state index in [9.17, 15) is 4.79 Å². The SMILES string of the molecule is Cn1cc2c(n1)CN(c1cc3c(cc1F)N1C(=O)O[C@@H](CCc4cnsn4)[C@@H]1C3)C2. The molecule has 0 radical (unpaired) electrons. The van der Waals surface area contributed by atoms with Gasteiger partial charge in [0.2, 0.25) is 0 Å². The second-order valence-electron chi connectivity index (χ2n) is 8.06. The van der Waals surface area contributed by atoms with Crippen LogP contribution < -0.4 is 9.80 Å². The van der Waals surface area contributed by atoms with Crippen LogP contribution in [0.25, 0.3) is 0 Å². The lowest BCUT2D eigenvalue weighted by atomic mass is 10.0. The van der Waals surface area contributed by atoms with E-state index in [2.05, 4.69) is 13.8 Å². The topological polar surface area (TPSA) is 76.4 Å². The predicted octanol–water partition coefficient (Wildman–Crippen LogP) is 2.81. The zero-order chi connectivity index (χ0) is 20.4. The van der Waals surface area contributed by atoms with E-state index in [-0.39, 0.29) is 18.0 Å². The summed E-state index contributed by atoms with van der Waals surface area (Å²) in [5, 5.41) is 4.45. The van der Waals surface area contributed by atoms with Gasteiger partial charge >= 0.3 is 6.09 Å². The molecular formula is C20H19FN6O2S. The van der Waals surface area contributed by atoms with Crippen molar-refractivity contribution in [2.45, 2.75) is 44.5 Å². The van der Waals surface area contributed by atoms with E-state index < -0.39 is 6.09 Å². The zero-order valence-corrected chi connectivity index (χ0v) is 17.1. The zero-order valence-electron chi connectivity index (χ0n) is 16.3. The highest BCUT2D eigenvalue weighted by atomic mass is 32.1. The summed E-state index contributed by atoms with van der Waals surface area (Å²) in [7, 11) is 1.90. The third-order valence-corrected chi connectivity index (χ3v) is 6.69. The van der Waals surface area contributed by atoms with Crippen molar-refractivity contribution in [3.8, 4) is 0 Å². The van der Waals surface area contributed by atoms with Crippen LogP contribution in [0.15, 0.2) is 24.5 Å². The Morgan fingerprint density at radius 3 is 2.97 bits per heavy atom. The molecular weight excluding hydrogens is 407 g/mol. The molecule has 0 N–H and O–H groups in total. The maximum absolute atomic E-state index is 15.1. The number of ether oxygens (including phenoxy) is 1. The predicted molar refractivity (Wildman–Crippen MR) is 108 cm³/mol. The first kappa shape index (κ1) is 17.8. The lowest BCUT2D eigenvalue weighted by Gasteiger charge is -2.20. The number of fused-ring (bicyclic) bond motifs is 4. The highest BCUT2D eigenvalue weighted by Crippen LogP contribution is 2.43. The monoisotopic (exact) mass is 426 g/mol. The van der Waals surface area contributed by atoms with Gasteiger partial charge in [0.1, 0.15) is 11.9 Å². The second-order valence-corrected chi connectivity index (χ2v) is 8.62. The summed E-state index contributed by atoms with van der Waals surface area (Å²) >= 11 is 1.17. The number of rotatable bonds is 4. The molecule has 0 bridgehead atoms. The van der Waals surface area contributed by atoms with E-state index in [0.717, 1.165) is 22.5 Å². The molecule has 30 heavy (non-hydrogen) atoms. The van der Waals surface area contributed by atoms with Crippen molar-refractivity contribution in [3.05, 3.63) is 52.9 Å². The maximum atomic E-state index is 15.1. The molecule has 0 spiro atoms. The minimum Gasteiger partial charge on any atom is -0.444 e. The minimum absolute atomic E-state index is 0.104. The van der Waals surface area contributed by atoms with Crippen LogP contribution in [0.2, 0.25) is 0 Å². The number of carbonyl (C=O) groups excluding carboxylic acids is 1. The Kier molecular flexibility index (Phi) is 3.86. The van der Waals surface area contributed by atoms with Crippen molar-refractivity contribution >= 4 is 29.2 Å². The Bertz CT molecular complexity index is 1120. The largest absolute Gasteiger partial charge is 0.444 e. The molecule has 1 aromatic carbocycles. The van der Waals surface area contributed by atoms with Crippen LogP contribution in [0.5, 0.6) is 0 Å². The molecule has 1 fully saturated rings. The fraction of sp³-hybridized carbons (Fsp3) is 0.400. The first-order valence-electron chi connectivity index (χ1n) is 9.92. The van der Waals surface area contributed by atoms with E-state index in [0.29, 0.717) is 43.7 Å². The van der Waals surface area contributed by atoms with Crippen molar-refractivity contribution in [3.63, 3.8) is 0 Å². The molecule has 3 aromatic rings. The van der Waals surface area contributed by atoms with Gasteiger partial charge in [-0.2, -0.15) is 13.8 Å². The van der Waals surface area contributed by atoms with E-state index in [4.69, 9.17) is 4.74 Å². The van der Waals surface area contributed by atoms with E-state index in [1.54, 1.807) is 15.8 Å². The number of hydrogen-bond acceptors (Lipinski definition) is 7. The van der Waals surface area contributed by atoms with Gasteiger partial charge in [-0.3, -0.25) is 9.58 Å². The fourth-order valence-electron chi connectivity index (χ4n) is 4.81. The minimum atomic E-state index is -0.398. The summed E-state index contributed by atoms with van der Waals surface area (Å²) in [5.41, 5.74) is 5.18. The molecule has 0 saturated carbocycles. The maximum Gasteiger partial charge on any atom is 0.415 e. The van der Waals surface area contributed by atoms with Crippen LogP contribution in [0.4, 0.5) is 20.6 Å². The van der Waals surface area contributed by atoms with Crippen LogP contribution >= 0.6 is 11.7 Å². The molecule has 1 saturated heterocycles. The number of amides is 1. The summed E-state index contributed by atoms with van der Waals surface area (Å²) < 4.78 is 30.7. The average molecular weight is 426 g/mol. The number of cyclic esters (lactones) is 1. The number of anilines is 2. The average Bonchev–Trinajstić information content (AvgIpc) is 3.48. The Hall–Kier alpha value is -3.01. The Morgan fingerprint density at radius 1 is 1.27 bits per heavy atom. The third kappa shape index (κ3) is 2.70. The summed E-state index contributed by atoms with van der Waals surface area (Å²) in [6.07, 6.45) is 5.13. The number of nitrogens with zero attached hydrogens (tertiary/aromatic N) is 6. The van der Waals surface area contributed by atoms with Gasteiger partial charge in [0.25, 0.3) is 0 Å². The normalized spacial score (nSPS) is 21.7. The summed E-state index contributed by atoms with van der Waals surface area (Å²) in [6, 6.07) is 3.27. The van der Waals surface area contributed by atoms with Crippen LogP contribution in [0, 0.1) is 5.82 Å². The Labute approximate surface area is 176 Å². The molecule has 0 unspecified atom stereocenters. The molecule has 3 aliphatic heterocycles. The van der Waals surface area contributed by atoms with Gasteiger partial charge in [-0.1, -0.05) is 0 Å². The van der Waals surface area contributed by atoms with E-state index >= 15 is 4.39 Å². The quantitative estimate of drug-likeness (QED) is 0.639. The molecule has 5 heterocycles. The molecule has 8 nitrogen and oxygen atoms in total. The lowest BCUT2D eigenvalue weighted by molar-refractivity contribution is 0.126. The van der Waals surface area contributed by atoms with Crippen molar-refractivity contribution in [1.82, 2.24) is 18.5 Å². The molecule has 3 aliphatic rings. The van der Waals surface area contributed by atoms with Crippen LogP contribution in [0.3, 0.4) is 0 Å². The van der Waals surface area contributed by atoms with E-state index in [1.807, 2.05) is 24.2 Å². The van der Waals surface area contributed by atoms with Gasteiger partial charge in [0, 0.05) is 31.4 Å². The van der Waals surface area contributed by atoms with Gasteiger partial charge in [0.15, 0.2) is 0 Å². The molecule has 0 aliphatic carbocycles. The summed E-state index contributed by atoms with van der Waals surface area (Å²) in [6.45, 7) is 1.23. The van der Waals surface area contributed by atoms with Gasteiger partial charge in [-0.25, -0.2) is 9.18 Å². The number of benzene rings is 1. The number of aryl methyl sites for hydroxylation is 2. The molecule has 6 rings (SSSR count). The van der Waals surface area contributed by atoms with E-state index in [1.165, 1.54) is 17.8 Å². The van der Waals surface area contributed by atoms with Gasteiger partial charge < -0.3 is 9.64 Å². The third-order valence-electron chi connectivity index (χ3n) is 6.17. The summed E-state index contributed by atoms with van der Waals surface area (Å²) in [5.74, 6) is -0.325. The highest BCUT2D eigenvalue weighted by Gasteiger charge is 2.47. The van der Waals surface area contributed by atoms with Crippen molar-refractivity contribution < 1.29 is 13.9 Å². The number of aromatic nitrogens is 4. The smallest absolute Gasteiger partial charge is 0.415 e. The Morgan fingerprint density at radius 2 is 2.17 bits per heavy atom. The molecule has 2 aromatic heterocycles. The van der Waals surface area contributed by atoms with Gasteiger partial charge in [-0.15, -0.1) is 0 Å². The van der Waals surface area contributed by atoms with Crippen molar-refractivity contribution in [1.29, 1.82) is 0 Å². The molecule has 10 heteroatoms. The number of halogens is 1. The summed E-state index contributed by atoms with van der Waals surface area (Å²) in [4.78, 5) is 16.1. The highest BCUT2D eigenvalue weighted by molar-refractivity contribution is 6.99. The van der Waals surface area contributed by atoms with Crippen molar-refractivity contribution in [2.75, 3.05) is 9.80 Å². The molecule has 2 atom stereocenters. The first-order valence-corrected chi connectivity index (χ1v) is 10.6. The van der Waals surface area contributed by atoms with Gasteiger partial charge in [0.05, 0.1) is 53.3 Å². The lowest BCUT2D eigenvalue weighted by Crippen LogP contribution is -2.33. The standard InChI is InChI=1S/C20H19FN6O2S/c1-25-8-12-9-26(10-15(12)23-25)17-4-11-5-18-19(3-2-13-7-22-30-24-13)29-20(28)27(18)16(11)6-14(17)21/h4,6-8,18-19H,2-3,5,9-10H2,1H3/t18-,19-/m0/s1. The first-order chi connectivity index (χ1) is 14.6. The van der Waals surface area contributed by atoms with Crippen molar-refractivity contribution in [2.24, 2.45) is 7.05 Å². The van der Waals surface area contributed by atoms with Gasteiger partial charge in [-0.05, 0) is 30.9 Å². The number of hydrogen-bond donors (Lipinski definition) is 0. The van der Waals surface area contributed by atoms with Crippen LogP contribution in [-0.4, -0.2) is 36.8 Å². The van der Waals surface area contributed by atoms with Crippen LogP contribution in [-0.2, 0) is 37.7 Å². The Balaban J connectivity index is 1.24. The fourth-order valence-corrected chi connectivity index (χ4v) is 5.27. The number of carbonyl (C=O) groups is 1. The molecule has 154 valence electrons.